The first-order valence-corrected chi connectivity index (χ1v) is 12.5. The molecular formula is C24H28ClN3O4S. The molecule has 1 saturated heterocycles. The van der Waals surface area contributed by atoms with E-state index in [4.69, 9.17) is 11.6 Å². The van der Waals surface area contributed by atoms with E-state index in [0.717, 1.165) is 5.56 Å². The second-order valence-corrected chi connectivity index (χ2v) is 10.7. The molecule has 0 bridgehead atoms. The summed E-state index contributed by atoms with van der Waals surface area (Å²) in [6.45, 7) is 6.38. The Balaban J connectivity index is 1.56. The molecular weight excluding hydrogens is 462 g/mol. The first-order chi connectivity index (χ1) is 15.6. The van der Waals surface area contributed by atoms with Gasteiger partial charge in [0.25, 0.3) is 5.91 Å². The standard InChI is InChI=1S/C24H28ClN3O4S/c1-3-22(29)27-24(2)12-15-28(16-13-24)33(31,32)21-9-7-19(8-10-21)23(30)26-14-11-18-5-4-6-20(25)17-18/h3-10,17H,1,11-16H2,2H3,(H,26,30)(H,27,29). The Morgan fingerprint density at radius 3 is 2.42 bits per heavy atom. The fourth-order valence-corrected chi connectivity index (χ4v) is 5.39. The summed E-state index contributed by atoms with van der Waals surface area (Å²) in [5, 5.41) is 6.36. The third kappa shape index (κ3) is 6.43. The molecule has 2 aromatic rings. The van der Waals surface area contributed by atoms with Crippen LogP contribution in [0.25, 0.3) is 0 Å². The molecule has 2 aromatic carbocycles. The Morgan fingerprint density at radius 2 is 1.82 bits per heavy atom. The molecule has 7 nitrogen and oxygen atoms in total. The number of hydrogen-bond donors (Lipinski definition) is 2. The molecule has 1 fully saturated rings. The molecule has 0 aliphatic carbocycles. The lowest BCUT2D eigenvalue weighted by atomic mass is 9.90. The molecule has 1 aliphatic rings. The lowest BCUT2D eigenvalue weighted by molar-refractivity contribution is -0.118. The largest absolute Gasteiger partial charge is 0.352 e. The van der Waals surface area contributed by atoms with Crippen LogP contribution in [0.2, 0.25) is 5.02 Å². The van der Waals surface area contributed by atoms with Crippen molar-refractivity contribution in [1.82, 2.24) is 14.9 Å². The van der Waals surface area contributed by atoms with Crippen molar-refractivity contribution in [3.8, 4) is 0 Å². The molecule has 2 N–H and O–H groups in total. The number of halogens is 1. The average molecular weight is 490 g/mol. The minimum Gasteiger partial charge on any atom is -0.352 e. The SMILES string of the molecule is C=CC(=O)NC1(C)CCN(S(=O)(=O)c2ccc(C(=O)NCCc3cccc(Cl)c3)cc2)CC1. The van der Waals surface area contributed by atoms with Gasteiger partial charge in [0, 0.05) is 35.8 Å². The Bertz CT molecular complexity index is 1120. The monoisotopic (exact) mass is 489 g/mol. The van der Waals surface area contributed by atoms with Crippen LogP contribution >= 0.6 is 11.6 Å². The highest BCUT2D eigenvalue weighted by molar-refractivity contribution is 7.89. The van der Waals surface area contributed by atoms with Gasteiger partial charge in [-0.05, 0) is 74.2 Å². The molecule has 1 aliphatic heterocycles. The van der Waals surface area contributed by atoms with Gasteiger partial charge in [0.2, 0.25) is 15.9 Å². The number of nitrogens with zero attached hydrogens (tertiary/aromatic N) is 1. The van der Waals surface area contributed by atoms with Crippen molar-refractivity contribution in [3.05, 3.63) is 77.3 Å². The molecule has 9 heteroatoms. The number of carbonyl (C=O) groups excluding carboxylic acids is 2. The molecule has 176 valence electrons. The first-order valence-electron chi connectivity index (χ1n) is 10.7. The van der Waals surface area contributed by atoms with Crippen molar-refractivity contribution in [3.63, 3.8) is 0 Å². The lowest BCUT2D eigenvalue weighted by Crippen LogP contribution is -2.53. The predicted molar refractivity (Wildman–Crippen MR) is 129 cm³/mol. The molecule has 0 unspecified atom stereocenters. The van der Waals surface area contributed by atoms with Gasteiger partial charge in [-0.3, -0.25) is 9.59 Å². The summed E-state index contributed by atoms with van der Waals surface area (Å²) in [6.07, 6.45) is 2.85. The second-order valence-electron chi connectivity index (χ2n) is 8.32. The Hall–Kier alpha value is -2.68. The van der Waals surface area contributed by atoms with E-state index in [2.05, 4.69) is 17.2 Å². The maximum Gasteiger partial charge on any atom is 0.251 e. The maximum absolute atomic E-state index is 13.0. The van der Waals surface area contributed by atoms with Crippen LogP contribution < -0.4 is 10.6 Å². The van der Waals surface area contributed by atoms with Crippen molar-refractivity contribution in [2.75, 3.05) is 19.6 Å². The third-order valence-corrected chi connectivity index (χ3v) is 7.93. The van der Waals surface area contributed by atoms with Crippen LogP contribution in [0.4, 0.5) is 0 Å². The van der Waals surface area contributed by atoms with Gasteiger partial charge in [-0.2, -0.15) is 4.31 Å². The van der Waals surface area contributed by atoms with Crippen LogP contribution in [-0.4, -0.2) is 49.7 Å². The van der Waals surface area contributed by atoms with Gasteiger partial charge in [0.1, 0.15) is 0 Å². The molecule has 3 rings (SSSR count). The van der Waals surface area contributed by atoms with Crippen molar-refractivity contribution >= 4 is 33.4 Å². The van der Waals surface area contributed by atoms with Gasteiger partial charge in [0.05, 0.1) is 4.90 Å². The van der Waals surface area contributed by atoms with E-state index in [1.54, 1.807) is 6.07 Å². The number of amides is 2. The number of hydrogen-bond acceptors (Lipinski definition) is 4. The van der Waals surface area contributed by atoms with Gasteiger partial charge in [-0.1, -0.05) is 30.3 Å². The molecule has 0 saturated carbocycles. The van der Waals surface area contributed by atoms with Gasteiger partial charge in [-0.25, -0.2) is 8.42 Å². The summed E-state index contributed by atoms with van der Waals surface area (Å²) in [7, 11) is -3.69. The number of carbonyl (C=O) groups is 2. The lowest BCUT2D eigenvalue weighted by Gasteiger charge is -2.39. The number of sulfonamides is 1. The zero-order valence-corrected chi connectivity index (χ0v) is 20.1. The Kier molecular flexibility index (Phi) is 7.94. The van der Waals surface area contributed by atoms with Gasteiger partial charge in [-0.15, -0.1) is 0 Å². The summed E-state index contributed by atoms with van der Waals surface area (Å²) < 4.78 is 27.5. The van der Waals surface area contributed by atoms with Crippen molar-refractivity contribution in [2.45, 2.75) is 36.6 Å². The van der Waals surface area contributed by atoms with E-state index < -0.39 is 15.6 Å². The van der Waals surface area contributed by atoms with Crippen LogP contribution in [0.5, 0.6) is 0 Å². The quantitative estimate of drug-likeness (QED) is 0.557. The van der Waals surface area contributed by atoms with Crippen LogP contribution in [0.15, 0.2) is 66.1 Å². The van der Waals surface area contributed by atoms with Gasteiger partial charge in [0.15, 0.2) is 0 Å². The normalized spacial score (nSPS) is 16.1. The third-order valence-electron chi connectivity index (χ3n) is 5.78. The topological polar surface area (TPSA) is 95.6 Å². The van der Waals surface area contributed by atoms with Crippen LogP contribution in [0.3, 0.4) is 0 Å². The molecule has 0 radical (unpaired) electrons. The Morgan fingerprint density at radius 1 is 1.15 bits per heavy atom. The highest BCUT2D eigenvalue weighted by Crippen LogP contribution is 2.26. The van der Waals surface area contributed by atoms with E-state index in [0.29, 0.717) is 49.5 Å². The maximum atomic E-state index is 13.0. The summed E-state index contributed by atoms with van der Waals surface area (Å²) in [5.41, 5.74) is 0.939. The highest BCUT2D eigenvalue weighted by atomic mass is 35.5. The van der Waals surface area contributed by atoms with Gasteiger partial charge < -0.3 is 10.6 Å². The average Bonchev–Trinajstić information content (AvgIpc) is 2.79. The molecule has 33 heavy (non-hydrogen) atoms. The van der Waals surface area contributed by atoms with Crippen molar-refractivity contribution in [2.24, 2.45) is 0 Å². The summed E-state index contributed by atoms with van der Waals surface area (Å²) in [6, 6.07) is 13.4. The number of benzene rings is 2. The number of rotatable bonds is 8. The number of nitrogens with one attached hydrogen (secondary N) is 2. The van der Waals surface area contributed by atoms with Crippen molar-refractivity contribution in [1.29, 1.82) is 0 Å². The van der Waals surface area contributed by atoms with Crippen molar-refractivity contribution < 1.29 is 18.0 Å². The van der Waals surface area contributed by atoms with E-state index in [9.17, 15) is 18.0 Å². The van der Waals surface area contributed by atoms with E-state index >= 15 is 0 Å². The minimum atomic E-state index is -3.69. The molecule has 0 aromatic heterocycles. The molecule has 0 atom stereocenters. The molecule has 1 heterocycles. The van der Waals surface area contributed by atoms with Crippen LogP contribution in [0, 0.1) is 0 Å². The second kappa shape index (κ2) is 10.5. The molecule has 2 amide bonds. The van der Waals surface area contributed by atoms with E-state index in [-0.39, 0.29) is 16.7 Å². The highest BCUT2D eigenvalue weighted by Gasteiger charge is 2.36. The zero-order chi connectivity index (χ0) is 24.1. The van der Waals surface area contributed by atoms with E-state index in [1.807, 2.05) is 25.1 Å². The fourth-order valence-electron chi connectivity index (χ4n) is 3.74. The van der Waals surface area contributed by atoms with Gasteiger partial charge >= 0.3 is 0 Å². The number of piperidine rings is 1. The van der Waals surface area contributed by atoms with Crippen LogP contribution in [-0.2, 0) is 21.2 Å². The van der Waals surface area contributed by atoms with Crippen LogP contribution in [0.1, 0.15) is 35.7 Å². The predicted octanol–water partition coefficient (Wildman–Crippen LogP) is 3.16. The van der Waals surface area contributed by atoms with E-state index in [1.165, 1.54) is 34.6 Å². The zero-order valence-electron chi connectivity index (χ0n) is 18.5. The molecule has 0 spiro atoms. The fraction of sp³-hybridized carbons (Fsp3) is 0.333. The first kappa shape index (κ1) is 25.0. The Labute approximate surface area is 199 Å². The smallest absolute Gasteiger partial charge is 0.251 e. The summed E-state index contributed by atoms with van der Waals surface area (Å²) >= 11 is 5.97. The minimum absolute atomic E-state index is 0.136. The summed E-state index contributed by atoms with van der Waals surface area (Å²) in [5.74, 6) is -0.539. The summed E-state index contributed by atoms with van der Waals surface area (Å²) in [4.78, 5) is 24.2.